The average Bonchev–Trinajstić information content (AvgIpc) is 2.89. The maximum atomic E-state index is 13.2. The van der Waals surface area contributed by atoms with Crippen LogP contribution in [0, 0.1) is 0 Å². The first-order valence-corrected chi connectivity index (χ1v) is 13.0. The first kappa shape index (κ1) is 29.5. The van der Waals surface area contributed by atoms with Crippen LogP contribution in [0.3, 0.4) is 0 Å². The maximum absolute atomic E-state index is 13.2. The molecule has 0 atom stereocenters. The smallest absolute Gasteiger partial charge is 0.263 e. The third-order valence-corrected chi connectivity index (χ3v) is 6.96. The monoisotopic (exact) mass is 547 g/mol. The SMILES string of the molecule is COc1ccc(CCO)c(Nc2nc3ccccc3nc2NS(=O)(=O)c2ccc(CCCO)cc2)c1.[K]. The van der Waals surface area contributed by atoms with Gasteiger partial charge in [0.1, 0.15) is 5.75 Å². The molecule has 1 radical (unpaired) electrons. The largest absolute Gasteiger partial charge is 0.497 e. The Bertz CT molecular complexity index is 1450. The van der Waals surface area contributed by atoms with Gasteiger partial charge >= 0.3 is 0 Å². The number of fused-ring (bicyclic) bond motifs is 1. The third-order valence-electron chi connectivity index (χ3n) is 5.61. The van der Waals surface area contributed by atoms with Gasteiger partial charge in [0.15, 0.2) is 11.6 Å². The summed E-state index contributed by atoms with van der Waals surface area (Å²) in [6.45, 7) is 0.0174. The van der Waals surface area contributed by atoms with E-state index in [9.17, 15) is 13.5 Å². The average molecular weight is 548 g/mol. The van der Waals surface area contributed by atoms with Crippen molar-refractivity contribution in [2.75, 3.05) is 30.4 Å². The fraction of sp³-hybridized carbons (Fsp3) is 0.231. The van der Waals surface area contributed by atoms with Crippen LogP contribution < -0.4 is 14.8 Å². The van der Waals surface area contributed by atoms with Crippen LogP contribution in [0.1, 0.15) is 17.5 Å². The van der Waals surface area contributed by atoms with Crippen molar-refractivity contribution in [2.45, 2.75) is 24.2 Å². The Morgan fingerprint density at radius 3 is 2.16 bits per heavy atom. The summed E-state index contributed by atoms with van der Waals surface area (Å²) in [7, 11) is -2.42. The molecule has 9 nitrogen and oxygen atoms in total. The molecule has 0 saturated carbocycles. The number of benzene rings is 3. The molecule has 4 N–H and O–H groups in total. The van der Waals surface area contributed by atoms with Gasteiger partial charge in [-0.05, 0) is 60.7 Å². The summed E-state index contributed by atoms with van der Waals surface area (Å²) < 4.78 is 34.4. The number of anilines is 3. The molecular formula is C26H28KN4O5S. The van der Waals surface area contributed by atoms with E-state index in [2.05, 4.69) is 20.0 Å². The van der Waals surface area contributed by atoms with Gasteiger partial charge in [0, 0.05) is 76.4 Å². The van der Waals surface area contributed by atoms with Crippen LogP contribution in [0.4, 0.5) is 17.3 Å². The maximum Gasteiger partial charge on any atom is 0.263 e. The number of sulfonamides is 1. The van der Waals surface area contributed by atoms with Crippen molar-refractivity contribution in [2.24, 2.45) is 0 Å². The summed E-state index contributed by atoms with van der Waals surface area (Å²) in [5, 5.41) is 21.7. The Hall–Kier alpha value is -2.09. The van der Waals surface area contributed by atoms with Crippen molar-refractivity contribution >= 4 is 89.8 Å². The van der Waals surface area contributed by atoms with E-state index in [4.69, 9.17) is 9.84 Å². The number of ether oxygens (including phenoxy) is 1. The number of para-hydroxylation sites is 2. The van der Waals surface area contributed by atoms with E-state index in [1.165, 1.54) is 12.1 Å². The number of hydrogen-bond donors (Lipinski definition) is 4. The minimum Gasteiger partial charge on any atom is -0.497 e. The van der Waals surface area contributed by atoms with Gasteiger partial charge < -0.3 is 20.3 Å². The first-order valence-electron chi connectivity index (χ1n) is 11.5. The Morgan fingerprint density at radius 2 is 1.54 bits per heavy atom. The number of aryl methyl sites for hydroxylation is 1. The predicted molar refractivity (Wildman–Crippen MR) is 145 cm³/mol. The van der Waals surface area contributed by atoms with E-state index >= 15 is 0 Å². The molecule has 0 spiro atoms. The fourth-order valence-electron chi connectivity index (χ4n) is 3.73. The minimum atomic E-state index is -3.97. The molecule has 3 aromatic carbocycles. The molecule has 0 aliphatic rings. The van der Waals surface area contributed by atoms with Crippen molar-refractivity contribution < 1.29 is 23.4 Å². The minimum absolute atomic E-state index is 0. The summed E-state index contributed by atoms with van der Waals surface area (Å²) in [6.07, 6.45) is 1.65. The summed E-state index contributed by atoms with van der Waals surface area (Å²) in [4.78, 5) is 9.24. The van der Waals surface area contributed by atoms with E-state index in [0.717, 1.165) is 11.1 Å². The van der Waals surface area contributed by atoms with Gasteiger partial charge in [-0.3, -0.25) is 4.72 Å². The Kier molecular flexibility index (Phi) is 10.9. The van der Waals surface area contributed by atoms with Crippen LogP contribution in [0.15, 0.2) is 71.6 Å². The zero-order valence-corrected chi connectivity index (χ0v) is 24.7. The van der Waals surface area contributed by atoms with Gasteiger partial charge in [0.05, 0.1) is 23.0 Å². The fourth-order valence-corrected chi connectivity index (χ4v) is 4.74. The normalized spacial score (nSPS) is 11.1. The van der Waals surface area contributed by atoms with Gasteiger partial charge in [-0.25, -0.2) is 18.4 Å². The molecule has 0 amide bonds. The van der Waals surface area contributed by atoms with Crippen molar-refractivity contribution in [3.05, 3.63) is 77.9 Å². The van der Waals surface area contributed by atoms with E-state index in [0.29, 0.717) is 41.7 Å². The number of aromatic nitrogens is 2. The van der Waals surface area contributed by atoms with Gasteiger partial charge in [0.2, 0.25) is 0 Å². The molecule has 0 unspecified atom stereocenters. The van der Waals surface area contributed by atoms with Crippen molar-refractivity contribution in [3.63, 3.8) is 0 Å². The van der Waals surface area contributed by atoms with Gasteiger partial charge in [0.25, 0.3) is 10.0 Å². The van der Waals surface area contributed by atoms with Gasteiger partial charge in [-0.1, -0.05) is 30.3 Å². The number of aliphatic hydroxyl groups is 2. The molecular weight excluding hydrogens is 519 g/mol. The number of nitrogens with one attached hydrogen (secondary N) is 2. The summed E-state index contributed by atoms with van der Waals surface area (Å²) in [6, 6.07) is 19.0. The van der Waals surface area contributed by atoms with E-state index in [1.54, 1.807) is 49.6 Å². The molecule has 4 aromatic rings. The van der Waals surface area contributed by atoms with Crippen LogP contribution in [0.2, 0.25) is 0 Å². The molecule has 1 aromatic heterocycles. The molecule has 0 aliphatic heterocycles. The summed E-state index contributed by atoms with van der Waals surface area (Å²) >= 11 is 0. The van der Waals surface area contributed by atoms with E-state index in [1.807, 2.05) is 12.1 Å². The predicted octanol–water partition coefficient (Wildman–Crippen LogP) is 3.26. The van der Waals surface area contributed by atoms with E-state index < -0.39 is 10.0 Å². The van der Waals surface area contributed by atoms with Crippen LogP contribution in [0.25, 0.3) is 11.0 Å². The van der Waals surface area contributed by atoms with Gasteiger partial charge in [-0.2, -0.15) is 0 Å². The second-order valence-corrected chi connectivity index (χ2v) is 9.79. The van der Waals surface area contributed by atoms with Crippen molar-refractivity contribution in [1.82, 2.24) is 9.97 Å². The Balaban J connectivity index is 0.00000380. The number of aliphatic hydroxyl groups excluding tert-OH is 2. The van der Waals surface area contributed by atoms with Crippen molar-refractivity contribution in [3.8, 4) is 5.75 Å². The quantitative estimate of drug-likeness (QED) is 0.210. The molecule has 11 heteroatoms. The Labute approximate surface area is 258 Å². The second kappa shape index (κ2) is 13.6. The summed E-state index contributed by atoms with van der Waals surface area (Å²) in [5.74, 6) is 0.844. The molecule has 37 heavy (non-hydrogen) atoms. The van der Waals surface area contributed by atoms with Crippen LogP contribution in [-0.2, 0) is 22.9 Å². The molecule has 4 rings (SSSR count). The number of hydrogen-bond acceptors (Lipinski definition) is 8. The number of rotatable bonds is 11. The van der Waals surface area contributed by atoms with Crippen LogP contribution in [0.5, 0.6) is 5.75 Å². The Morgan fingerprint density at radius 1 is 0.865 bits per heavy atom. The van der Waals surface area contributed by atoms with E-state index in [-0.39, 0.29) is 81.1 Å². The molecule has 1 heterocycles. The molecule has 0 bridgehead atoms. The number of methoxy groups -OCH3 is 1. The van der Waals surface area contributed by atoms with Crippen LogP contribution >= 0.6 is 0 Å². The standard InChI is InChI=1S/C26H28N4O5S.K/c1-35-20-11-10-19(14-16-32)24(17-20)29-25-26(28-23-7-3-2-6-22(23)27-25)30-36(33,34)21-12-8-18(9-13-21)5-4-15-31;/h2-3,6-13,17,31-32H,4-5,14-16H2,1H3,(H,27,29)(H,28,30);. The first-order chi connectivity index (χ1) is 17.4. The molecule has 0 saturated heterocycles. The van der Waals surface area contributed by atoms with Crippen LogP contribution in [-0.4, -0.2) is 100 Å². The topological polar surface area (TPSA) is 134 Å². The van der Waals surface area contributed by atoms with Crippen molar-refractivity contribution in [1.29, 1.82) is 0 Å². The zero-order chi connectivity index (χ0) is 25.5. The zero-order valence-electron chi connectivity index (χ0n) is 20.8. The third kappa shape index (κ3) is 7.49. The molecule has 0 aliphatic carbocycles. The summed E-state index contributed by atoms with van der Waals surface area (Å²) in [5.41, 5.74) is 3.47. The second-order valence-electron chi connectivity index (χ2n) is 8.11. The van der Waals surface area contributed by atoms with Gasteiger partial charge in [-0.15, -0.1) is 0 Å². The number of nitrogens with zero attached hydrogens (tertiary/aromatic N) is 2. The molecule has 0 fully saturated rings. The molecule has 189 valence electrons.